The van der Waals surface area contributed by atoms with Crippen LogP contribution in [0.25, 0.3) is 6.08 Å². The fraction of sp³-hybridized carbons (Fsp3) is 0.500. The third kappa shape index (κ3) is 3.34. The van der Waals surface area contributed by atoms with Gasteiger partial charge < -0.3 is 14.6 Å². The monoisotopic (exact) mass is 287 g/mol. The molecule has 0 aliphatic carbocycles. The van der Waals surface area contributed by atoms with Gasteiger partial charge in [0.2, 0.25) is 0 Å². The van der Waals surface area contributed by atoms with E-state index in [0.717, 1.165) is 42.9 Å². The lowest BCUT2D eigenvalue weighted by molar-refractivity contribution is -0.116. The molecule has 1 aromatic rings. The fourth-order valence-electron chi connectivity index (χ4n) is 2.69. The summed E-state index contributed by atoms with van der Waals surface area (Å²) in [5.41, 5.74) is 3.20. The standard InChI is InChI=1S/C16H21N3O2/c1-11-7-13(8-14(9-17)16(20)18-3)12(2)19(11)10-15-5-4-6-21-15/h7-8,15H,4-6,10H2,1-3H3,(H,18,20)/b14-8+/t15-/m1/s1. The van der Waals surface area contributed by atoms with Crippen molar-refractivity contribution in [3.05, 3.63) is 28.6 Å². The predicted octanol–water partition coefficient (Wildman–Crippen LogP) is 1.94. The summed E-state index contributed by atoms with van der Waals surface area (Å²) in [6, 6.07) is 3.95. The number of nitriles is 1. The number of likely N-dealkylation sites (N-methyl/N-ethyl adjacent to an activating group) is 1. The van der Waals surface area contributed by atoms with Crippen LogP contribution in [0.3, 0.4) is 0 Å². The van der Waals surface area contributed by atoms with Crippen molar-refractivity contribution in [1.29, 1.82) is 5.26 Å². The molecule has 2 rings (SSSR count). The Morgan fingerprint density at radius 2 is 2.38 bits per heavy atom. The number of rotatable bonds is 4. The summed E-state index contributed by atoms with van der Waals surface area (Å²) in [6.07, 6.45) is 4.12. The lowest BCUT2D eigenvalue weighted by atomic mass is 10.1. The van der Waals surface area contributed by atoms with E-state index < -0.39 is 0 Å². The van der Waals surface area contributed by atoms with Crippen LogP contribution in [-0.2, 0) is 16.1 Å². The smallest absolute Gasteiger partial charge is 0.261 e. The number of nitrogens with one attached hydrogen (secondary N) is 1. The maximum Gasteiger partial charge on any atom is 0.261 e. The molecule has 1 N–H and O–H groups in total. The zero-order valence-corrected chi connectivity index (χ0v) is 12.8. The second-order valence-electron chi connectivity index (χ2n) is 5.32. The molecule has 0 radical (unpaired) electrons. The number of aryl methyl sites for hydroxylation is 1. The third-order valence-corrected chi connectivity index (χ3v) is 3.91. The number of ether oxygens (including phenoxy) is 1. The van der Waals surface area contributed by atoms with Crippen LogP contribution in [-0.4, -0.2) is 30.2 Å². The largest absolute Gasteiger partial charge is 0.376 e. The van der Waals surface area contributed by atoms with E-state index in [0.29, 0.717) is 0 Å². The summed E-state index contributed by atoms with van der Waals surface area (Å²) >= 11 is 0. The minimum atomic E-state index is -0.360. The van der Waals surface area contributed by atoms with E-state index in [1.54, 1.807) is 6.08 Å². The Morgan fingerprint density at radius 1 is 1.62 bits per heavy atom. The van der Waals surface area contributed by atoms with Crippen LogP contribution in [0.5, 0.6) is 0 Å². The van der Waals surface area contributed by atoms with Crippen molar-refractivity contribution in [3.8, 4) is 6.07 Å². The van der Waals surface area contributed by atoms with E-state index >= 15 is 0 Å². The Kier molecular flexibility index (Phi) is 4.81. The van der Waals surface area contributed by atoms with Gasteiger partial charge in [-0.05, 0) is 44.4 Å². The van der Waals surface area contributed by atoms with Gasteiger partial charge in [-0.1, -0.05) is 0 Å². The molecule has 0 saturated carbocycles. The average Bonchev–Trinajstić information content (AvgIpc) is 3.08. The molecule has 5 nitrogen and oxygen atoms in total. The van der Waals surface area contributed by atoms with Crippen LogP contribution in [0.1, 0.15) is 29.8 Å². The van der Waals surface area contributed by atoms with Crippen LogP contribution in [0.2, 0.25) is 0 Å². The first-order valence-electron chi connectivity index (χ1n) is 7.19. The molecular formula is C16H21N3O2. The molecule has 1 saturated heterocycles. The van der Waals surface area contributed by atoms with Crippen molar-refractivity contribution < 1.29 is 9.53 Å². The molecule has 1 aliphatic heterocycles. The summed E-state index contributed by atoms with van der Waals surface area (Å²) < 4.78 is 7.88. The molecule has 0 aromatic carbocycles. The van der Waals surface area contributed by atoms with E-state index in [1.807, 2.05) is 26.0 Å². The van der Waals surface area contributed by atoms with Gasteiger partial charge >= 0.3 is 0 Å². The topological polar surface area (TPSA) is 67.0 Å². The Bertz CT molecular complexity index is 602. The normalized spacial score (nSPS) is 18.6. The second-order valence-corrected chi connectivity index (χ2v) is 5.32. The molecule has 21 heavy (non-hydrogen) atoms. The van der Waals surface area contributed by atoms with Crippen molar-refractivity contribution in [3.63, 3.8) is 0 Å². The fourth-order valence-corrected chi connectivity index (χ4v) is 2.69. The number of nitrogens with zero attached hydrogens (tertiary/aromatic N) is 2. The quantitative estimate of drug-likeness (QED) is 0.679. The van der Waals surface area contributed by atoms with Gasteiger partial charge in [0.15, 0.2) is 0 Å². The van der Waals surface area contributed by atoms with Gasteiger partial charge in [0.1, 0.15) is 11.6 Å². The minimum Gasteiger partial charge on any atom is -0.376 e. The zero-order chi connectivity index (χ0) is 15.4. The van der Waals surface area contributed by atoms with Gasteiger partial charge in [-0.15, -0.1) is 0 Å². The molecular weight excluding hydrogens is 266 g/mol. The summed E-state index contributed by atoms with van der Waals surface area (Å²) in [5.74, 6) is -0.360. The van der Waals surface area contributed by atoms with Gasteiger partial charge in [0, 0.05) is 31.6 Å². The molecule has 1 fully saturated rings. The Balaban J connectivity index is 2.28. The van der Waals surface area contributed by atoms with Crippen LogP contribution in [0, 0.1) is 25.2 Å². The summed E-state index contributed by atoms with van der Waals surface area (Å²) in [4.78, 5) is 11.6. The molecule has 1 aliphatic rings. The first kappa shape index (κ1) is 15.3. The molecule has 0 unspecified atom stereocenters. The molecule has 1 atom stereocenters. The van der Waals surface area contributed by atoms with Crippen LogP contribution >= 0.6 is 0 Å². The molecule has 112 valence electrons. The maximum absolute atomic E-state index is 11.6. The number of carbonyl (C=O) groups excluding carboxylic acids is 1. The van der Waals surface area contributed by atoms with Gasteiger partial charge in [-0.2, -0.15) is 5.26 Å². The Morgan fingerprint density at radius 3 is 2.95 bits per heavy atom. The Labute approximate surface area is 125 Å². The SMILES string of the molecule is CNC(=O)/C(C#N)=C/c1cc(C)n(C[C@H]2CCCO2)c1C. The summed E-state index contributed by atoms with van der Waals surface area (Å²) in [6.45, 7) is 5.71. The number of carbonyl (C=O) groups is 1. The van der Waals surface area contributed by atoms with Crippen molar-refractivity contribution >= 4 is 12.0 Å². The number of hydrogen-bond donors (Lipinski definition) is 1. The number of aromatic nitrogens is 1. The lowest BCUT2D eigenvalue weighted by Crippen LogP contribution is -2.19. The van der Waals surface area contributed by atoms with Gasteiger partial charge in [-0.25, -0.2) is 0 Å². The zero-order valence-electron chi connectivity index (χ0n) is 12.8. The van der Waals surface area contributed by atoms with Crippen molar-refractivity contribution in [2.24, 2.45) is 0 Å². The van der Waals surface area contributed by atoms with Gasteiger partial charge in [-0.3, -0.25) is 4.79 Å². The van der Waals surface area contributed by atoms with E-state index in [1.165, 1.54) is 7.05 Å². The highest BCUT2D eigenvalue weighted by Crippen LogP contribution is 2.22. The highest BCUT2D eigenvalue weighted by atomic mass is 16.5. The van der Waals surface area contributed by atoms with Crippen LogP contribution in [0.4, 0.5) is 0 Å². The average molecular weight is 287 g/mol. The second kappa shape index (κ2) is 6.59. The predicted molar refractivity (Wildman–Crippen MR) is 80.5 cm³/mol. The maximum atomic E-state index is 11.6. The Hall–Kier alpha value is -2.06. The first-order valence-corrected chi connectivity index (χ1v) is 7.19. The van der Waals surface area contributed by atoms with E-state index in [4.69, 9.17) is 10.00 Å². The molecule has 5 heteroatoms. The van der Waals surface area contributed by atoms with Crippen molar-refractivity contribution in [2.45, 2.75) is 39.3 Å². The molecule has 0 bridgehead atoms. The first-order chi connectivity index (χ1) is 10.1. The van der Waals surface area contributed by atoms with E-state index in [2.05, 4.69) is 9.88 Å². The van der Waals surface area contributed by atoms with Gasteiger partial charge in [0.25, 0.3) is 5.91 Å². The van der Waals surface area contributed by atoms with Crippen molar-refractivity contribution in [1.82, 2.24) is 9.88 Å². The molecule has 0 spiro atoms. The molecule has 1 amide bonds. The van der Waals surface area contributed by atoms with Crippen molar-refractivity contribution in [2.75, 3.05) is 13.7 Å². The summed E-state index contributed by atoms with van der Waals surface area (Å²) in [7, 11) is 1.52. The number of amides is 1. The van der Waals surface area contributed by atoms with Crippen LogP contribution < -0.4 is 5.32 Å². The minimum absolute atomic E-state index is 0.120. The molecule has 1 aromatic heterocycles. The molecule has 2 heterocycles. The number of hydrogen-bond acceptors (Lipinski definition) is 3. The highest BCUT2D eigenvalue weighted by Gasteiger charge is 2.19. The van der Waals surface area contributed by atoms with E-state index in [-0.39, 0.29) is 17.6 Å². The van der Waals surface area contributed by atoms with E-state index in [9.17, 15) is 4.79 Å². The highest BCUT2D eigenvalue weighted by molar-refractivity contribution is 6.01. The summed E-state index contributed by atoms with van der Waals surface area (Å²) in [5, 5.41) is 11.6. The van der Waals surface area contributed by atoms with Crippen LogP contribution in [0.15, 0.2) is 11.6 Å². The van der Waals surface area contributed by atoms with Gasteiger partial charge in [0.05, 0.1) is 6.10 Å². The third-order valence-electron chi connectivity index (χ3n) is 3.91. The lowest BCUT2D eigenvalue weighted by Gasteiger charge is -2.14.